The van der Waals surface area contributed by atoms with E-state index in [0.717, 1.165) is 68.7 Å². The third-order valence-corrected chi connectivity index (χ3v) is 17.1. The number of ether oxygens (including phenoxy) is 2. The molecule has 4 aliphatic heterocycles. The van der Waals surface area contributed by atoms with Crippen LogP contribution in [0.15, 0.2) is 60.7 Å². The standard InChI is InChI=1S/C43H61N5O5Si/c1-40(2,3)53-39(49)46-27-21-35-36(28-46)44-38(45-37(35)47-25-14-22-42(7,50)30-47)51-31-43-23-15-26-48(43)32(20-24-43)29-52-54(41(4,5)6,33-16-10-8-11-17-33)34-18-12-9-13-19-34/h8-13,16-19,32,50H,14-15,20-31H2,1-7H3/t32?,42-,43?/m1/s1. The van der Waals surface area contributed by atoms with E-state index in [2.05, 4.69) is 91.2 Å². The van der Waals surface area contributed by atoms with Crippen LogP contribution in [0, 0.1) is 0 Å². The molecule has 3 atom stereocenters. The number of anilines is 1. The highest BCUT2D eigenvalue weighted by Gasteiger charge is 2.54. The molecule has 0 aliphatic carbocycles. The van der Waals surface area contributed by atoms with Gasteiger partial charge >= 0.3 is 12.1 Å². The molecule has 0 bridgehead atoms. The number of β-amino-alcohol motifs (C(OH)–C–C–N with tert-alkyl or cyclic N) is 1. The van der Waals surface area contributed by atoms with Crippen molar-refractivity contribution >= 4 is 30.6 Å². The molecule has 292 valence electrons. The Morgan fingerprint density at radius 2 is 1.57 bits per heavy atom. The molecule has 3 saturated heterocycles. The average molecular weight is 756 g/mol. The Kier molecular flexibility index (Phi) is 10.7. The Morgan fingerprint density at radius 3 is 2.20 bits per heavy atom. The third kappa shape index (κ3) is 7.79. The van der Waals surface area contributed by atoms with E-state index in [0.29, 0.717) is 45.3 Å². The summed E-state index contributed by atoms with van der Waals surface area (Å²) in [6.45, 7) is 18.9. The molecule has 3 fully saturated rings. The van der Waals surface area contributed by atoms with Gasteiger partial charge in [-0.25, -0.2) is 4.79 Å². The van der Waals surface area contributed by atoms with Crippen molar-refractivity contribution in [1.29, 1.82) is 0 Å². The molecule has 2 aromatic carbocycles. The second kappa shape index (κ2) is 14.9. The van der Waals surface area contributed by atoms with Crippen LogP contribution in [-0.2, 0) is 22.1 Å². The predicted octanol–water partition coefficient (Wildman–Crippen LogP) is 6.07. The summed E-state index contributed by atoms with van der Waals surface area (Å²) in [5.41, 5.74) is 0.324. The number of hydrogen-bond acceptors (Lipinski definition) is 9. The minimum Gasteiger partial charge on any atom is -0.461 e. The molecule has 3 aromatic rings. The number of amides is 1. The Balaban J connectivity index is 1.13. The molecule has 10 nitrogen and oxygen atoms in total. The van der Waals surface area contributed by atoms with Gasteiger partial charge in [0.1, 0.15) is 18.0 Å². The van der Waals surface area contributed by atoms with Crippen LogP contribution in [-0.4, -0.2) is 101 Å². The lowest BCUT2D eigenvalue weighted by Gasteiger charge is -2.44. The fourth-order valence-electron chi connectivity index (χ4n) is 9.57. The molecule has 54 heavy (non-hydrogen) atoms. The van der Waals surface area contributed by atoms with Crippen LogP contribution in [0.2, 0.25) is 5.04 Å². The van der Waals surface area contributed by atoms with Gasteiger partial charge in [-0.3, -0.25) is 4.90 Å². The van der Waals surface area contributed by atoms with Gasteiger partial charge in [-0.1, -0.05) is 81.4 Å². The van der Waals surface area contributed by atoms with E-state index in [-0.39, 0.29) is 22.7 Å². The normalized spacial score (nSPS) is 25.0. The van der Waals surface area contributed by atoms with Crippen LogP contribution in [0.25, 0.3) is 0 Å². The van der Waals surface area contributed by atoms with Crippen molar-refractivity contribution in [2.24, 2.45) is 0 Å². The molecule has 5 heterocycles. The molecule has 1 N–H and O–H groups in total. The van der Waals surface area contributed by atoms with E-state index in [1.165, 1.54) is 10.4 Å². The van der Waals surface area contributed by atoms with E-state index >= 15 is 0 Å². The smallest absolute Gasteiger partial charge is 0.410 e. The largest absolute Gasteiger partial charge is 0.461 e. The molecular formula is C43H61N5O5Si. The molecule has 11 heteroatoms. The fourth-order valence-corrected chi connectivity index (χ4v) is 14.2. The summed E-state index contributed by atoms with van der Waals surface area (Å²) >= 11 is 0. The van der Waals surface area contributed by atoms with Crippen LogP contribution in [0.5, 0.6) is 6.01 Å². The van der Waals surface area contributed by atoms with Crippen molar-refractivity contribution in [3.63, 3.8) is 0 Å². The maximum absolute atomic E-state index is 13.1. The summed E-state index contributed by atoms with van der Waals surface area (Å²) in [4.78, 5) is 29.8. The minimum absolute atomic E-state index is 0.0815. The van der Waals surface area contributed by atoms with E-state index in [1.807, 2.05) is 27.7 Å². The lowest BCUT2D eigenvalue weighted by molar-refractivity contribution is 0.0219. The molecular weight excluding hydrogens is 695 g/mol. The van der Waals surface area contributed by atoms with Crippen LogP contribution in [0.3, 0.4) is 0 Å². The number of carbonyl (C=O) groups excluding carboxylic acids is 1. The summed E-state index contributed by atoms with van der Waals surface area (Å²) in [7, 11) is -2.67. The summed E-state index contributed by atoms with van der Waals surface area (Å²) < 4.78 is 19.9. The predicted molar refractivity (Wildman–Crippen MR) is 215 cm³/mol. The van der Waals surface area contributed by atoms with Gasteiger partial charge in [0, 0.05) is 31.2 Å². The highest BCUT2D eigenvalue weighted by molar-refractivity contribution is 6.99. The number of carbonyl (C=O) groups is 1. The van der Waals surface area contributed by atoms with E-state index < -0.39 is 19.5 Å². The Labute approximate surface area is 323 Å². The number of aromatic nitrogens is 2. The zero-order valence-electron chi connectivity index (χ0n) is 33.6. The van der Waals surface area contributed by atoms with Crippen molar-refractivity contribution in [2.75, 3.05) is 44.3 Å². The molecule has 1 amide bonds. The highest BCUT2D eigenvalue weighted by Crippen LogP contribution is 2.44. The number of fused-ring (bicyclic) bond motifs is 2. The van der Waals surface area contributed by atoms with Gasteiger partial charge < -0.3 is 28.8 Å². The first kappa shape index (κ1) is 38.7. The number of piperidine rings is 1. The maximum atomic E-state index is 13.1. The van der Waals surface area contributed by atoms with Crippen molar-refractivity contribution < 1.29 is 23.8 Å². The topological polar surface area (TPSA) is 100 Å². The van der Waals surface area contributed by atoms with Crippen molar-refractivity contribution in [3.05, 3.63) is 71.9 Å². The van der Waals surface area contributed by atoms with E-state index in [1.54, 1.807) is 4.90 Å². The fraction of sp³-hybridized carbons (Fsp3) is 0.605. The SMILES string of the molecule is CC(C)(C)OC(=O)N1CCc2c(nc(OCC34CCCN3C(CO[Si](c3ccccc3)(c3ccccc3)C(C)(C)C)CC4)nc2N2CCC[C@@](C)(O)C2)C1. The van der Waals surface area contributed by atoms with E-state index in [4.69, 9.17) is 23.9 Å². The highest BCUT2D eigenvalue weighted by atomic mass is 28.4. The molecule has 0 saturated carbocycles. The average Bonchev–Trinajstić information content (AvgIpc) is 3.69. The number of aliphatic hydroxyl groups is 1. The first-order valence-electron chi connectivity index (χ1n) is 20.1. The summed E-state index contributed by atoms with van der Waals surface area (Å²) in [5, 5.41) is 13.6. The van der Waals surface area contributed by atoms with Crippen LogP contribution >= 0.6 is 0 Å². The van der Waals surface area contributed by atoms with Gasteiger partial charge in [0.05, 0.1) is 30.0 Å². The molecule has 2 unspecified atom stereocenters. The molecule has 0 spiro atoms. The number of rotatable bonds is 9. The van der Waals surface area contributed by atoms with Gasteiger partial charge in [0.25, 0.3) is 8.32 Å². The van der Waals surface area contributed by atoms with Gasteiger partial charge in [0.2, 0.25) is 0 Å². The number of nitrogens with zero attached hydrogens (tertiary/aromatic N) is 5. The quantitative estimate of drug-likeness (QED) is 0.261. The van der Waals surface area contributed by atoms with Crippen molar-refractivity contribution in [2.45, 2.75) is 128 Å². The van der Waals surface area contributed by atoms with Gasteiger partial charge in [-0.2, -0.15) is 9.97 Å². The molecule has 1 aromatic heterocycles. The zero-order chi connectivity index (χ0) is 38.4. The Morgan fingerprint density at radius 1 is 0.907 bits per heavy atom. The third-order valence-electron chi connectivity index (χ3n) is 12.1. The molecule has 7 rings (SSSR count). The summed E-state index contributed by atoms with van der Waals surface area (Å²) in [5.74, 6) is 0.822. The van der Waals surface area contributed by atoms with Crippen molar-refractivity contribution in [3.8, 4) is 6.01 Å². The minimum atomic E-state index is -2.67. The zero-order valence-corrected chi connectivity index (χ0v) is 34.6. The second-order valence-electron chi connectivity index (χ2n) is 18.4. The number of benzene rings is 2. The van der Waals surface area contributed by atoms with E-state index in [9.17, 15) is 9.90 Å². The second-order valence-corrected chi connectivity index (χ2v) is 22.7. The first-order valence-corrected chi connectivity index (χ1v) is 22.0. The monoisotopic (exact) mass is 755 g/mol. The Bertz CT molecular complexity index is 1740. The van der Waals surface area contributed by atoms with Crippen LogP contribution in [0.4, 0.5) is 10.6 Å². The lowest BCUT2D eigenvalue weighted by Crippen LogP contribution is -2.67. The summed E-state index contributed by atoms with van der Waals surface area (Å²) in [6.07, 6.45) is 6.16. The lowest BCUT2D eigenvalue weighted by atomic mass is 9.94. The van der Waals surface area contributed by atoms with Gasteiger partial charge in [0.15, 0.2) is 0 Å². The van der Waals surface area contributed by atoms with Gasteiger partial charge in [-0.15, -0.1) is 0 Å². The van der Waals surface area contributed by atoms with Crippen molar-refractivity contribution in [1.82, 2.24) is 19.8 Å². The maximum Gasteiger partial charge on any atom is 0.410 e. The van der Waals surface area contributed by atoms with Crippen LogP contribution in [0.1, 0.15) is 98.2 Å². The number of hydrogen-bond donors (Lipinski definition) is 1. The molecule has 0 radical (unpaired) electrons. The first-order chi connectivity index (χ1) is 25.6. The van der Waals surface area contributed by atoms with Gasteiger partial charge in [-0.05, 0) is 94.6 Å². The summed E-state index contributed by atoms with van der Waals surface area (Å²) in [6, 6.07) is 22.4. The van der Waals surface area contributed by atoms with Crippen LogP contribution < -0.4 is 20.0 Å². The Hall–Kier alpha value is -3.51. The molecule has 4 aliphatic rings.